The molecule has 0 aliphatic heterocycles. The van der Waals surface area contributed by atoms with Gasteiger partial charge in [0.1, 0.15) is 11.2 Å². The van der Waals surface area contributed by atoms with Crippen LogP contribution in [0.1, 0.15) is 0 Å². The maximum absolute atomic E-state index is 6.35. The van der Waals surface area contributed by atoms with Gasteiger partial charge in [0.2, 0.25) is 0 Å². The summed E-state index contributed by atoms with van der Waals surface area (Å²) in [4.78, 5) is 14.8. The molecule has 0 atom stereocenters. The van der Waals surface area contributed by atoms with E-state index in [0.29, 0.717) is 22.5 Å². The van der Waals surface area contributed by atoms with Crippen molar-refractivity contribution in [1.82, 2.24) is 15.0 Å². The fourth-order valence-corrected chi connectivity index (χ4v) is 5.90. The van der Waals surface area contributed by atoms with Crippen molar-refractivity contribution in [2.75, 3.05) is 0 Å². The Labute approximate surface area is 246 Å². The van der Waals surface area contributed by atoms with Crippen LogP contribution in [0.4, 0.5) is 0 Å². The standard InChI is InChI=1S/C37H22ClN3O/c38-25-13-6-12-24(22-25)36-39-35(23-10-2-1-3-11-23)40-37(41-36)30-19-8-15-26-27(16-7-17-28(26)30)29-18-9-21-33-34(29)31-14-4-5-20-32(31)42-33/h1-22H. The van der Waals surface area contributed by atoms with E-state index < -0.39 is 0 Å². The van der Waals surface area contributed by atoms with Crippen molar-refractivity contribution in [3.05, 3.63) is 138 Å². The number of aromatic nitrogens is 3. The molecule has 42 heavy (non-hydrogen) atoms. The lowest BCUT2D eigenvalue weighted by molar-refractivity contribution is 0.669. The molecule has 8 aromatic rings. The van der Waals surface area contributed by atoms with Crippen LogP contribution in [0.2, 0.25) is 5.02 Å². The van der Waals surface area contributed by atoms with Gasteiger partial charge in [0, 0.05) is 32.5 Å². The van der Waals surface area contributed by atoms with Crippen molar-refractivity contribution in [2.24, 2.45) is 0 Å². The highest BCUT2D eigenvalue weighted by Crippen LogP contribution is 2.40. The number of para-hydroxylation sites is 1. The Hall–Kier alpha value is -5.32. The van der Waals surface area contributed by atoms with E-state index in [1.807, 2.05) is 72.8 Å². The van der Waals surface area contributed by atoms with Crippen LogP contribution in [-0.4, -0.2) is 15.0 Å². The Morgan fingerprint density at radius 1 is 0.429 bits per heavy atom. The molecule has 0 N–H and O–H groups in total. The van der Waals surface area contributed by atoms with Crippen molar-refractivity contribution in [1.29, 1.82) is 0 Å². The number of nitrogens with zero attached hydrogens (tertiary/aromatic N) is 3. The van der Waals surface area contributed by atoms with E-state index in [1.165, 1.54) is 0 Å². The highest BCUT2D eigenvalue weighted by Gasteiger charge is 2.17. The molecule has 0 saturated heterocycles. The minimum Gasteiger partial charge on any atom is -0.456 e. The van der Waals surface area contributed by atoms with E-state index in [1.54, 1.807) is 0 Å². The third-order valence-corrected chi connectivity index (χ3v) is 7.84. The fraction of sp³-hybridized carbons (Fsp3) is 0. The molecular weight excluding hydrogens is 538 g/mol. The molecule has 2 heterocycles. The van der Waals surface area contributed by atoms with E-state index >= 15 is 0 Å². The number of hydrogen-bond acceptors (Lipinski definition) is 4. The molecule has 0 amide bonds. The lowest BCUT2D eigenvalue weighted by atomic mass is 9.93. The van der Waals surface area contributed by atoms with Crippen molar-refractivity contribution in [2.45, 2.75) is 0 Å². The van der Waals surface area contributed by atoms with Gasteiger partial charge in [-0.05, 0) is 46.2 Å². The second-order valence-corrected chi connectivity index (χ2v) is 10.6. The van der Waals surface area contributed by atoms with Gasteiger partial charge in [0.15, 0.2) is 17.5 Å². The van der Waals surface area contributed by atoms with Crippen molar-refractivity contribution >= 4 is 44.3 Å². The number of benzene rings is 6. The van der Waals surface area contributed by atoms with Crippen LogP contribution in [0.15, 0.2) is 138 Å². The Kier molecular flexibility index (Phi) is 5.80. The summed E-state index contributed by atoms with van der Waals surface area (Å²) in [5.74, 6) is 1.79. The number of fused-ring (bicyclic) bond motifs is 4. The third kappa shape index (κ3) is 4.12. The van der Waals surface area contributed by atoms with Gasteiger partial charge in [-0.25, -0.2) is 15.0 Å². The molecule has 0 unspecified atom stereocenters. The van der Waals surface area contributed by atoms with Gasteiger partial charge in [0.05, 0.1) is 0 Å². The van der Waals surface area contributed by atoms with Crippen LogP contribution in [0.3, 0.4) is 0 Å². The molecule has 6 aromatic carbocycles. The average molecular weight is 560 g/mol. The van der Waals surface area contributed by atoms with Gasteiger partial charge in [-0.3, -0.25) is 0 Å². The predicted molar refractivity (Wildman–Crippen MR) is 171 cm³/mol. The van der Waals surface area contributed by atoms with Gasteiger partial charge in [-0.1, -0.05) is 121 Å². The summed E-state index contributed by atoms with van der Waals surface area (Å²) in [5.41, 5.74) is 6.69. The zero-order valence-corrected chi connectivity index (χ0v) is 23.1. The van der Waals surface area contributed by atoms with E-state index in [-0.39, 0.29) is 0 Å². The zero-order valence-electron chi connectivity index (χ0n) is 22.3. The molecule has 2 aromatic heterocycles. The molecule has 0 spiro atoms. The first kappa shape index (κ1) is 24.5. The molecular formula is C37H22ClN3O. The van der Waals surface area contributed by atoms with Gasteiger partial charge in [-0.2, -0.15) is 0 Å². The highest BCUT2D eigenvalue weighted by molar-refractivity contribution is 6.30. The predicted octanol–water partition coefficient (Wildman–Crippen LogP) is 10.2. The smallest absolute Gasteiger partial charge is 0.164 e. The molecule has 8 rings (SSSR count). The molecule has 0 bridgehead atoms. The summed E-state index contributed by atoms with van der Waals surface area (Å²) in [6.07, 6.45) is 0. The topological polar surface area (TPSA) is 51.8 Å². The van der Waals surface area contributed by atoms with E-state index in [9.17, 15) is 0 Å². The zero-order chi connectivity index (χ0) is 28.0. The maximum Gasteiger partial charge on any atom is 0.164 e. The largest absolute Gasteiger partial charge is 0.456 e. The van der Waals surface area contributed by atoms with Gasteiger partial charge in [0.25, 0.3) is 0 Å². The molecule has 0 aliphatic rings. The van der Waals surface area contributed by atoms with Crippen molar-refractivity contribution in [3.63, 3.8) is 0 Å². The second kappa shape index (κ2) is 9.95. The van der Waals surface area contributed by atoms with Gasteiger partial charge < -0.3 is 4.42 Å². The Balaban J connectivity index is 1.37. The summed E-state index contributed by atoms with van der Waals surface area (Å²) < 4.78 is 6.20. The summed E-state index contributed by atoms with van der Waals surface area (Å²) >= 11 is 6.35. The summed E-state index contributed by atoms with van der Waals surface area (Å²) in [6, 6.07) is 44.7. The Bertz CT molecular complexity index is 2270. The molecule has 5 heteroatoms. The quantitative estimate of drug-likeness (QED) is 0.215. The van der Waals surface area contributed by atoms with Gasteiger partial charge in [-0.15, -0.1) is 0 Å². The van der Waals surface area contributed by atoms with Crippen LogP contribution in [0, 0.1) is 0 Å². The first-order valence-corrected chi connectivity index (χ1v) is 14.1. The maximum atomic E-state index is 6.35. The number of hydrogen-bond donors (Lipinski definition) is 0. The molecule has 198 valence electrons. The molecule has 0 aliphatic carbocycles. The molecule has 4 nitrogen and oxygen atoms in total. The van der Waals surface area contributed by atoms with E-state index in [2.05, 4.69) is 60.7 Å². The minimum atomic E-state index is 0.573. The Morgan fingerprint density at radius 2 is 1.00 bits per heavy atom. The van der Waals surface area contributed by atoms with Crippen LogP contribution in [0.25, 0.3) is 78.0 Å². The fourth-order valence-electron chi connectivity index (χ4n) is 5.71. The first-order valence-electron chi connectivity index (χ1n) is 13.7. The number of furan rings is 1. The SMILES string of the molecule is Clc1cccc(-c2nc(-c3ccccc3)nc(-c3cccc4c(-c5cccc6oc7ccccc7c56)cccc34)n2)c1. The third-order valence-electron chi connectivity index (χ3n) is 7.61. The minimum absolute atomic E-state index is 0.573. The van der Waals surface area contributed by atoms with Crippen LogP contribution in [0.5, 0.6) is 0 Å². The summed E-state index contributed by atoms with van der Waals surface area (Å²) in [7, 11) is 0. The average Bonchev–Trinajstić information content (AvgIpc) is 3.43. The number of halogens is 1. The second-order valence-electron chi connectivity index (χ2n) is 10.2. The Morgan fingerprint density at radius 3 is 1.83 bits per heavy atom. The molecule has 0 fully saturated rings. The highest BCUT2D eigenvalue weighted by atomic mass is 35.5. The van der Waals surface area contributed by atoms with Crippen molar-refractivity contribution in [3.8, 4) is 45.3 Å². The van der Waals surface area contributed by atoms with Gasteiger partial charge >= 0.3 is 0 Å². The van der Waals surface area contributed by atoms with E-state index in [0.717, 1.165) is 60.5 Å². The summed E-state index contributed by atoms with van der Waals surface area (Å²) in [6.45, 7) is 0. The molecule has 0 saturated carbocycles. The van der Waals surface area contributed by atoms with Crippen LogP contribution >= 0.6 is 11.6 Å². The van der Waals surface area contributed by atoms with Crippen LogP contribution in [-0.2, 0) is 0 Å². The normalized spacial score (nSPS) is 11.5. The lowest BCUT2D eigenvalue weighted by Gasteiger charge is -2.13. The van der Waals surface area contributed by atoms with Crippen LogP contribution < -0.4 is 0 Å². The monoisotopic (exact) mass is 559 g/mol. The van der Waals surface area contributed by atoms with E-state index in [4.69, 9.17) is 31.0 Å². The number of rotatable bonds is 4. The molecule has 0 radical (unpaired) electrons. The van der Waals surface area contributed by atoms with Crippen molar-refractivity contribution < 1.29 is 4.42 Å². The first-order chi connectivity index (χ1) is 20.7. The lowest BCUT2D eigenvalue weighted by Crippen LogP contribution is -2.00. The summed E-state index contributed by atoms with van der Waals surface area (Å²) in [5, 5.41) is 5.01.